The maximum atomic E-state index is 12.8. The number of nitrogens with one attached hydrogen (secondary N) is 1. The maximum absolute atomic E-state index is 12.8. The Morgan fingerprint density at radius 1 is 1.45 bits per heavy atom. The van der Waals surface area contributed by atoms with Crippen LogP contribution >= 0.6 is 0 Å². The van der Waals surface area contributed by atoms with Gasteiger partial charge >= 0.3 is 0 Å². The molecule has 0 radical (unpaired) electrons. The lowest BCUT2D eigenvalue weighted by atomic mass is 9.74. The lowest BCUT2D eigenvalue weighted by molar-refractivity contribution is -0.128. The average Bonchev–Trinajstić information content (AvgIpc) is 2.47. The van der Waals surface area contributed by atoms with Gasteiger partial charge in [-0.2, -0.15) is 0 Å². The highest BCUT2D eigenvalue weighted by atomic mass is 19.1. The van der Waals surface area contributed by atoms with Crippen molar-refractivity contribution in [2.75, 3.05) is 6.54 Å². The van der Waals surface area contributed by atoms with Crippen LogP contribution in [0.1, 0.15) is 39.5 Å². The van der Waals surface area contributed by atoms with Crippen molar-refractivity contribution in [3.8, 4) is 5.75 Å². The van der Waals surface area contributed by atoms with Crippen molar-refractivity contribution in [1.29, 1.82) is 0 Å². The van der Waals surface area contributed by atoms with Gasteiger partial charge in [0.25, 0.3) is 0 Å². The molecule has 122 valence electrons. The van der Waals surface area contributed by atoms with Crippen LogP contribution in [0, 0.1) is 11.7 Å². The van der Waals surface area contributed by atoms with Gasteiger partial charge in [-0.3, -0.25) is 4.79 Å². The van der Waals surface area contributed by atoms with Crippen molar-refractivity contribution < 1.29 is 13.9 Å². The number of hydrogen-bond acceptors (Lipinski definition) is 3. The van der Waals surface area contributed by atoms with Crippen LogP contribution in [0.2, 0.25) is 0 Å². The average molecular weight is 308 g/mol. The molecule has 0 aliphatic heterocycles. The first kappa shape index (κ1) is 16.7. The van der Waals surface area contributed by atoms with E-state index in [9.17, 15) is 9.18 Å². The highest BCUT2D eigenvalue weighted by molar-refractivity contribution is 5.80. The molecule has 0 heterocycles. The Hall–Kier alpha value is -1.62. The third-order valence-corrected chi connectivity index (χ3v) is 4.29. The Labute approximate surface area is 131 Å². The van der Waals surface area contributed by atoms with Gasteiger partial charge in [-0.25, -0.2) is 4.39 Å². The third-order valence-electron chi connectivity index (χ3n) is 4.29. The van der Waals surface area contributed by atoms with Gasteiger partial charge in [-0.05, 0) is 51.0 Å². The monoisotopic (exact) mass is 308 g/mol. The standard InChI is InChI=1S/C17H25FN2O2/c1-12(22-14-8-6-13(18)7-9-14)11-20-16(21)15-5-3-4-10-17(15,2)19/h6-9,12,15H,3-5,10-11,19H2,1-2H3,(H,20,21). The minimum absolute atomic E-state index is 0.000689. The van der Waals surface area contributed by atoms with E-state index in [1.807, 2.05) is 13.8 Å². The topological polar surface area (TPSA) is 64.4 Å². The van der Waals surface area contributed by atoms with E-state index in [0.717, 1.165) is 25.7 Å². The molecule has 3 atom stereocenters. The molecular weight excluding hydrogens is 283 g/mol. The van der Waals surface area contributed by atoms with Crippen LogP contribution in [0.25, 0.3) is 0 Å². The van der Waals surface area contributed by atoms with Gasteiger partial charge in [0.05, 0.1) is 12.5 Å². The molecule has 1 aromatic carbocycles. The normalized spacial score (nSPS) is 26.3. The Balaban J connectivity index is 1.81. The zero-order valence-corrected chi connectivity index (χ0v) is 13.3. The number of benzene rings is 1. The highest BCUT2D eigenvalue weighted by Gasteiger charge is 2.37. The number of carbonyl (C=O) groups is 1. The van der Waals surface area contributed by atoms with Gasteiger partial charge in [0.1, 0.15) is 17.7 Å². The summed E-state index contributed by atoms with van der Waals surface area (Å²) in [5.41, 5.74) is 5.81. The van der Waals surface area contributed by atoms with Crippen LogP contribution < -0.4 is 15.8 Å². The van der Waals surface area contributed by atoms with Crippen LogP contribution in [0.5, 0.6) is 5.75 Å². The predicted molar refractivity (Wildman–Crippen MR) is 84.1 cm³/mol. The summed E-state index contributed by atoms with van der Waals surface area (Å²) in [6, 6.07) is 5.85. The fourth-order valence-corrected chi connectivity index (χ4v) is 2.94. The highest BCUT2D eigenvalue weighted by Crippen LogP contribution is 2.31. The van der Waals surface area contributed by atoms with Crippen LogP contribution in [0.4, 0.5) is 4.39 Å². The van der Waals surface area contributed by atoms with E-state index in [1.54, 1.807) is 12.1 Å². The summed E-state index contributed by atoms with van der Waals surface area (Å²) >= 11 is 0. The van der Waals surface area contributed by atoms with Crippen molar-refractivity contribution in [1.82, 2.24) is 5.32 Å². The first-order chi connectivity index (χ1) is 10.4. The fraction of sp³-hybridized carbons (Fsp3) is 0.588. The molecule has 0 aromatic heterocycles. The van der Waals surface area contributed by atoms with Crippen LogP contribution in [0.15, 0.2) is 24.3 Å². The largest absolute Gasteiger partial charge is 0.489 e. The second kappa shape index (κ2) is 7.09. The number of halogens is 1. The Kier molecular flexibility index (Phi) is 5.40. The molecule has 1 aliphatic carbocycles. The van der Waals surface area contributed by atoms with E-state index in [4.69, 9.17) is 10.5 Å². The second-order valence-corrected chi connectivity index (χ2v) is 6.43. The quantitative estimate of drug-likeness (QED) is 0.879. The van der Waals surface area contributed by atoms with Gasteiger partial charge < -0.3 is 15.8 Å². The molecule has 0 spiro atoms. The summed E-state index contributed by atoms with van der Waals surface area (Å²) in [4.78, 5) is 12.3. The van der Waals surface area contributed by atoms with Crippen LogP contribution in [0.3, 0.4) is 0 Å². The Morgan fingerprint density at radius 2 is 2.14 bits per heavy atom. The summed E-state index contributed by atoms with van der Waals surface area (Å²) in [5.74, 6) is 0.149. The Bertz CT molecular complexity index is 502. The number of hydrogen-bond donors (Lipinski definition) is 2. The number of carbonyl (C=O) groups excluding carboxylic acids is 1. The fourth-order valence-electron chi connectivity index (χ4n) is 2.94. The summed E-state index contributed by atoms with van der Waals surface area (Å²) in [6.07, 6.45) is 3.66. The number of amides is 1. The third kappa shape index (κ3) is 4.44. The van der Waals surface area contributed by atoms with E-state index in [0.29, 0.717) is 12.3 Å². The molecule has 1 aromatic rings. The summed E-state index contributed by atoms with van der Waals surface area (Å²) in [5, 5.41) is 2.92. The molecular formula is C17H25FN2O2. The number of nitrogens with two attached hydrogens (primary N) is 1. The zero-order chi connectivity index (χ0) is 16.2. The molecule has 0 saturated heterocycles. The van der Waals surface area contributed by atoms with Crippen molar-refractivity contribution >= 4 is 5.91 Å². The van der Waals surface area contributed by atoms with Crippen LogP contribution in [-0.4, -0.2) is 24.1 Å². The van der Waals surface area contributed by atoms with Crippen molar-refractivity contribution in [2.24, 2.45) is 11.7 Å². The van der Waals surface area contributed by atoms with Crippen molar-refractivity contribution in [3.05, 3.63) is 30.1 Å². The van der Waals surface area contributed by atoms with Gasteiger partial charge in [-0.1, -0.05) is 12.8 Å². The van der Waals surface area contributed by atoms with E-state index < -0.39 is 5.54 Å². The van der Waals surface area contributed by atoms with Crippen molar-refractivity contribution in [3.63, 3.8) is 0 Å². The predicted octanol–water partition coefficient (Wildman–Crippen LogP) is 2.62. The number of ether oxygens (including phenoxy) is 1. The molecule has 5 heteroatoms. The molecule has 1 saturated carbocycles. The van der Waals surface area contributed by atoms with Gasteiger partial charge in [0, 0.05) is 5.54 Å². The SMILES string of the molecule is CC(CNC(=O)C1CCCCC1(C)N)Oc1ccc(F)cc1. The first-order valence-electron chi connectivity index (χ1n) is 7.87. The Morgan fingerprint density at radius 3 is 2.77 bits per heavy atom. The van der Waals surface area contributed by atoms with E-state index in [-0.39, 0.29) is 23.7 Å². The van der Waals surface area contributed by atoms with Gasteiger partial charge in [0.15, 0.2) is 0 Å². The summed E-state index contributed by atoms with van der Waals surface area (Å²) in [7, 11) is 0. The first-order valence-corrected chi connectivity index (χ1v) is 7.87. The lowest BCUT2D eigenvalue weighted by Gasteiger charge is -2.37. The van der Waals surface area contributed by atoms with Crippen molar-refractivity contribution in [2.45, 2.75) is 51.2 Å². The molecule has 1 aliphatic rings. The molecule has 1 amide bonds. The van der Waals surface area contributed by atoms with E-state index >= 15 is 0 Å². The lowest BCUT2D eigenvalue weighted by Crippen LogP contribution is -2.53. The molecule has 3 N–H and O–H groups in total. The van der Waals surface area contributed by atoms with E-state index in [2.05, 4.69) is 5.32 Å². The summed E-state index contributed by atoms with van der Waals surface area (Å²) < 4.78 is 18.5. The minimum Gasteiger partial charge on any atom is -0.489 e. The zero-order valence-electron chi connectivity index (χ0n) is 13.3. The molecule has 1 fully saturated rings. The van der Waals surface area contributed by atoms with Gasteiger partial charge in [-0.15, -0.1) is 0 Å². The minimum atomic E-state index is -0.427. The molecule has 2 rings (SSSR count). The van der Waals surface area contributed by atoms with Crippen LogP contribution in [-0.2, 0) is 4.79 Å². The smallest absolute Gasteiger partial charge is 0.225 e. The number of rotatable bonds is 5. The summed E-state index contributed by atoms with van der Waals surface area (Å²) in [6.45, 7) is 4.23. The molecule has 3 unspecified atom stereocenters. The maximum Gasteiger partial charge on any atom is 0.225 e. The molecule has 0 bridgehead atoms. The molecule has 4 nitrogen and oxygen atoms in total. The second-order valence-electron chi connectivity index (χ2n) is 6.43. The molecule has 22 heavy (non-hydrogen) atoms. The van der Waals surface area contributed by atoms with Gasteiger partial charge in [0.2, 0.25) is 5.91 Å². The van der Waals surface area contributed by atoms with E-state index in [1.165, 1.54) is 12.1 Å².